The Hall–Kier alpha value is -0.670. The van der Waals surface area contributed by atoms with Crippen molar-refractivity contribution in [3.63, 3.8) is 0 Å². The van der Waals surface area contributed by atoms with E-state index < -0.39 is 10.8 Å². The van der Waals surface area contributed by atoms with Gasteiger partial charge in [0.2, 0.25) is 0 Å². The first-order valence-electron chi connectivity index (χ1n) is 10.3. The predicted molar refractivity (Wildman–Crippen MR) is 132 cm³/mol. The third kappa shape index (κ3) is 9.22. The number of nitrogens with one attached hydrogen (secondary N) is 2. The molecule has 1 fully saturated rings. The molecule has 2 N–H and O–H groups in total. The highest BCUT2D eigenvalue weighted by Gasteiger charge is 2.25. The molecule has 0 saturated heterocycles. The van der Waals surface area contributed by atoms with E-state index in [9.17, 15) is 4.21 Å². The van der Waals surface area contributed by atoms with Crippen molar-refractivity contribution in [1.82, 2.24) is 15.5 Å². The Bertz CT molecular complexity index is 599. The number of hydrogen-bond acceptors (Lipinski definition) is 3. The first kappa shape index (κ1) is 25.4. The van der Waals surface area contributed by atoms with Crippen molar-refractivity contribution in [3.8, 4) is 0 Å². The van der Waals surface area contributed by atoms with Crippen LogP contribution in [0.25, 0.3) is 0 Å². The van der Waals surface area contributed by atoms with E-state index in [1.807, 2.05) is 13.0 Å². The molecule has 0 amide bonds. The second-order valence-corrected chi connectivity index (χ2v) is 9.29. The SMILES string of the molecule is CCNC(=NCCN(C)Cc1ccccc1)NC1CCCC(S(=O)CC)C1.I. The highest BCUT2D eigenvalue weighted by Crippen LogP contribution is 2.22. The fourth-order valence-electron chi connectivity index (χ4n) is 3.57. The summed E-state index contributed by atoms with van der Waals surface area (Å²) in [4.78, 5) is 7.05. The summed E-state index contributed by atoms with van der Waals surface area (Å²) in [5.41, 5.74) is 1.33. The monoisotopic (exact) mass is 520 g/mol. The smallest absolute Gasteiger partial charge is 0.191 e. The van der Waals surface area contributed by atoms with Gasteiger partial charge >= 0.3 is 0 Å². The van der Waals surface area contributed by atoms with Crippen molar-refractivity contribution in [2.45, 2.75) is 57.4 Å². The molecule has 1 saturated carbocycles. The first-order chi connectivity index (χ1) is 13.1. The van der Waals surface area contributed by atoms with Gasteiger partial charge in [-0.15, -0.1) is 24.0 Å². The number of nitrogens with zero attached hydrogens (tertiary/aromatic N) is 2. The van der Waals surface area contributed by atoms with Crippen LogP contribution in [-0.2, 0) is 17.3 Å². The molecule has 0 bridgehead atoms. The average Bonchev–Trinajstić information content (AvgIpc) is 2.68. The number of rotatable bonds is 9. The van der Waals surface area contributed by atoms with Crippen LogP contribution in [0.4, 0.5) is 0 Å². The van der Waals surface area contributed by atoms with E-state index in [-0.39, 0.29) is 24.0 Å². The van der Waals surface area contributed by atoms with Gasteiger partial charge in [-0.2, -0.15) is 0 Å². The number of likely N-dealkylation sites (N-methyl/N-ethyl adjacent to an activating group) is 1. The molecule has 7 heteroatoms. The van der Waals surface area contributed by atoms with Crippen LogP contribution in [0.3, 0.4) is 0 Å². The van der Waals surface area contributed by atoms with Gasteiger partial charge in [0.1, 0.15) is 0 Å². The molecule has 2 rings (SSSR count). The minimum atomic E-state index is -0.691. The van der Waals surface area contributed by atoms with Crippen molar-refractivity contribution in [1.29, 1.82) is 0 Å². The fourth-order valence-corrected chi connectivity index (χ4v) is 4.92. The summed E-state index contributed by atoms with van der Waals surface area (Å²) < 4.78 is 12.2. The van der Waals surface area contributed by atoms with Crippen LogP contribution in [0.1, 0.15) is 45.1 Å². The summed E-state index contributed by atoms with van der Waals surface area (Å²) >= 11 is 0. The van der Waals surface area contributed by atoms with Crippen LogP contribution >= 0.6 is 24.0 Å². The third-order valence-electron chi connectivity index (χ3n) is 5.01. The summed E-state index contributed by atoms with van der Waals surface area (Å²) in [6.07, 6.45) is 4.36. The summed E-state index contributed by atoms with van der Waals surface area (Å²) in [6, 6.07) is 10.9. The average molecular weight is 521 g/mol. The minimum Gasteiger partial charge on any atom is -0.357 e. The van der Waals surface area contributed by atoms with E-state index in [0.29, 0.717) is 11.3 Å². The van der Waals surface area contributed by atoms with E-state index >= 15 is 0 Å². The molecule has 3 unspecified atom stereocenters. The maximum absolute atomic E-state index is 12.2. The standard InChI is InChI=1S/C21H36N4OS.HI/c1-4-22-21(24-19-12-9-13-20(16-19)27(26)5-2)23-14-15-25(3)17-18-10-7-6-8-11-18;/h6-8,10-11,19-20H,4-5,9,12-17H2,1-3H3,(H2,22,23,24);1H. The zero-order chi connectivity index (χ0) is 19.5. The minimum absolute atomic E-state index is 0. The zero-order valence-electron chi connectivity index (χ0n) is 17.5. The number of halogens is 1. The first-order valence-corrected chi connectivity index (χ1v) is 11.6. The van der Waals surface area contributed by atoms with E-state index in [2.05, 4.69) is 53.8 Å². The van der Waals surface area contributed by atoms with Crippen molar-refractivity contribution in [2.75, 3.05) is 32.4 Å². The highest BCUT2D eigenvalue weighted by atomic mass is 127. The quantitative estimate of drug-likeness (QED) is 0.298. The Morgan fingerprint density at radius 2 is 2.00 bits per heavy atom. The number of aliphatic imine (C=N–C) groups is 1. The molecule has 5 nitrogen and oxygen atoms in total. The van der Waals surface area contributed by atoms with E-state index in [4.69, 9.17) is 4.99 Å². The normalized spacial score (nSPS) is 21.1. The molecule has 1 aromatic rings. The third-order valence-corrected chi connectivity index (χ3v) is 6.76. The maximum Gasteiger partial charge on any atom is 0.191 e. The van der Waals surface area contributed by atoms with Gasteiger partial charge in [0, 0.05) is 47.5 Å². The molecule has 1 aliphatic carbocycles. The van der Waals surface area contributed by atoms with Crippen molar-refractivity contribution < 1.29 is 4.21 Å². The lowest BCUT2D eigenvalue weighted by Gasteiger charge is -2.30. The lowest BCUT2D eigenvalue weighted by atomic mass is 9.95. The number of guanidine groups is 1. The second kappa shape index (κ2) is 14.3. The lowest BCUT2D eigenvalue weighted by Crippen LogP contribution is -2.46. The number of benzene rings is 1. The van der Waals surface area contributed by atoms with E-state index in [1.54, 1.807) is 0 Å². The predicted octanol–water partition coefficient (Wildman–Crippen LogP) is 3.37. The summed E-state index contributed by atoms with van der Waals surface area (Å²) in [6.45, 7) is 7.57. The van der Waals surface area contributed by atoms with Crippen molar-refractivity contribution in [2.24, 2.45) is 4.99 Å². The van der Waals surface area contributed by atoms with Crippen LogP contribution in [0.2, 0.25) is 0 Å². The van der Waals surface area contributed by atoms with Gasteiger partial charge in [-0.3, -0.25) is 9.20 Å². The van der Waals surface area contributed by atoms with Crippen LogP contribution in [-0.4, -0.2) is 58.8 Å². The summed E-state index contributed by atoms with van der Waals surface area (Å²) in [5, 5.41) is 7.27. The molecule has 1 aliphatic rings. The lowest BCUT2D eigenvalue weighted by molar-refractivity contribution is 0.336. The number of hydrogen-bond donors (Lipinski definition) is 2. The Morgan fingerprint density at radius 3 is 2.68 bits per heavy atom. The van der Waals surface area contributed by atoms with E-state index in [1.165, 1.54) is 5.56 Å². The van der Waals surface area contributed by atoms with Crippen molar-refractivity contribution >= 4 is 40.7 Å². The molecule has 3 atom stereocenters. The molecule has 160 valence electrons. The van der Waals surface area contributed by atoms with Crippen molar-refractivity contribution in [3.05, 3.63) is 35.9 Å². The molecule has 1 aromatic carbocycles. The Balaban J connectivity index is 0.00000392. The largest absolute Gasteiger partial charge is 0.357 e. The molecule has 0 heterocycles. The van der Waals surface area contributed by atoms with Gasteiger partial charge < -0.3 is 15.5 Å². The fraction of sp³-hybridized carbons (Fsp3) is 0.667. The maximum atomic E-state index is 12.2. The summed E-state index contributed by atoms with van der Waals surface area (Å²) in [7, 11) is 1.44. The molecule has 0 aromatic heterocycles. The van der Waals surface area contributed by atoms with E-state index in [0.717, 1.165) is 63.6 Å². The van der Waals surface area contributed by atoms with Crippen LogP contribution in [0, 0.1) is 0 Å². The van der Waals surface area contributed by atoms with Gasteiger partial charge in [0.05, 0.1) is 6.54 Å². The molecule has 0 spiro atoms. The van der Waals surface area contributed by atoms with Crippen LogP contribution in [0.5, 0.6) is 0 Å². The van der Waals surface area contributed by atoms with Crippen LogP contribution in [0.15, 0.2) is 35.3 Å². The molecule has 0 aliphatic heterocycles. The van der Waals surface area contributed by atoms with Gasteiger partial charge in [-0.05, 0) is 38.8 Å². The van der Waals surface area contributed by atoms with Crippen LogP contribution < -0.4 is 10.6 Å². The molecule has 28 heavy (non-hydrogen) atoms. The molecular weight excluding hydrogens is 483 g/mol. The second-order valence-electron chi connectivity index (χ2n) is 7.28. The van der Waals surface area contributed by atoms with Gasteiger partial charge in [0.15, 0.2) is 5.96 Å². The van der Waals surface area contributed by atoms with Gasteiger partial charge in [-0.25, -0.2) is 0 Å². The summed E-state index contributed by atoms with van der Waals surface area (Å²) in [5.74, 6) is 1.65. The Labute approximate surface area is 190 Å². The molecular formula is C21H37IN4OS. The topological polar surface area (TPSA) is 56.7 Å². The highest BCUT2D eigenvalue weighted by molar-refractivity contribution is 14.0. The zero-order valence-corrected chi connectivity index (χ0v) is 20.7. The molecule has 0 radical (unpaired) electrons. The Kier molecular flexibility index (Phi) is 13.0. The van der Waals surface area contributed by atoms with Gasteiger partial charge in [-0.1, -0.05) is 43.7 Å². The Morgan fingerprint density at radius 1 is 1.25 bits per heavy atom. The van der Waals surface area contributed by atoms with Gasteiger partial charge in [0.25, 0.3) is 0 Å².